The summed E-state index contributed by atoms with van der Waals surface area (Å²) in [7, 11) is 1.80. The summed E-state index contributed by atoms with van der Waals surface area (Å²) in [5.41, 5.74) is 1.36. The molecule has 1 fully saturated rings. The quantitative estimate of drug-likeness (QED) is 0.895. The van der Waals surface area contributed by atoms with Gasteiger partial charge in [0.15, 0.2) is 0 Å². The van der Waals surface area contributed by atoms with Gasteiger partial charge in [-0.1, -0.05) is 30.3 Å². The van der Waals surface area contributed by atoms with Gasteiger partial charge in [-0.25, -0.2) is 9.78 Å². The molecule has 1 aliphatic rings. The average molecular weight is 285 g/mol. The molecule has 1 saturated carbocycles. The van der Waals surface area contributed by atoms with E-state index < -0.39 is 0 Å². The maximum absolute atomic E-state index is 11.8. The first-order valence-corrected chi connectivity index (χ1v) is 7.14. The summed E-state index contributed by atoms with van der Waals surface area (Å²) in [6.07, 6.45) is 3.48. The maximum atomic E-state index is 11.8. The number of benzene rings is 1. The standard InChI is InChI=1S/C15H19N5O/c1-20-14(17-10-18-20)9-16-15(21)19-13-7-12(8-13)11-5-3-2-4-6-11/h2-6,10,12-13H,7-9H2,1H3,(H2,16,19,21). The van der Waals surface area contributed by atoms with E-state index in [1.54, 1.807) is 11.7 Å². The summed E-state index contributed by atoms with van der Waals surface area (Å²) < 4.78 is 1.65. The highest BCUT2D eigenvalue weighted by atomic mass is 16.2. The molecule has 1 aromatic heterocycles. The van der Waals surface area contributed by atoms with Gasteiger partial charge < -0.3 is 10.6 Å². The molecule has 1 aliphatic carbocycles. The second-order valence-corrected chi connectivity index (χ2v) is 5.40. The third-order valence-corrected chi connectivity index (χ3v) is 3.96. The van der Waals surface area contributed by atoms with Gasteiger partial charge in [0.1, 0.15) is 12.2 Å². The highest BCUT2D eigenvalue weighted by Gasteiger charge is 2.31. The minimum absolute atomic E-state index is 0.144. The Morgan fingerprint density at radius 3 is 2.76 bits per heavy atom. The lowest BCUT2D eigenvalue weighted by molar-refractivity contribution is 0.222. The normalized spacial score (nSPS) is 20.6. The zero-order chi connectivity index (χ0) is 14.7. The SMILES string of the molecule is Cn1ncnc1CNC(=O)NC1CC(c2ccccc2)C1. The van der Waals surface area contributed by atoms with Gasteiger partial charge in [0.05, 0.1) is 6.54 Å². The zero-order valence-electron chi connectivity index (χ0n) is 12.0. The molecule has 0 bridgehead atoms. The van der Waals surface area contributed by atoms with Gasteiger partial charge in [-0.2, -0.15) is 5.10 Å². The van der Waals surface area contributed by atoms with E-state index in [2.05, 4.69) is 45.0 Å². The Labute approximate surface area is 123 Å². The molecule has 6 nitrogen and oxygen atoms in total. The number of aryl methyl sites for hydroxylation is 1. The Kier molecular flexibility index (Phi) is 3.85. The van der Waals surface area contributed by atoms with Gasteiger partial charge in [0, 0.05) is 13.1 Å². The molecule has 0 atom stereocenters. The lowest BCUT2D eigenvalue weighted by Crippen LogP contribution is -2.47. The molecule has 0 spiro atoms. The fourth-order valence-electron chi connectivity index (χ4n) is 2.61. The van der Waals surface area contributed by atoms with Crippen molar-refractivity contribution in [2.45, 2.75) is 31.3 Å². The molecule has 1 heterocycles. The van der Waals surface area contributed by atoms with Crippen LogP contribution in [0.2, 0.25) is 0 Å². The Morgan fingerprint density at radius 1 is 1.33 bits per heavy atom. The third-order valence-electron chi connectivity index (χ3n) is 3.96. The smallest absolute Gasteiger partial charge is 0.315 e. The number of rotatable bonds is 4. The summed E-state index contributed by atoms with van der Waals surface area (Å²) in [6.45, 7) is 0.386. The second kappa shape index (κ2) is 5.95. The Morgan fingerprint density at radius 2 is 2.10 bits per heavy atom. The van der Waals surface area contributed by atoms with Crippen molar-refractivity contribution in [3.63, 3.8) is 0 Å². The van der Waals surface area contributed by atoms with Gasteiger partial charge in [-0.15, -0.1) is 0 Å². The molecule has 2 N–H and O–H groups in total. The van der Waals surface area contributed by atoms with E-state index in [0.29, 0.717) is 12.5 Å². The van der Waals surface area contributed by atoms with E-state index in [0.717, 1.165) is 18.7 Å². The number of hydrogen-bond donors (Lipinski definition) is 2. The Bertz CT molecular complexity index is 604. The molecule has 0 radical (unpaired) electrons. The maximum Gasteiger partial charge on any atom is 0.315 e. The molecule has 0 unspecified atom stereocenters. The molecule has 21 heavy (non-hydrogen) atoms. The van der Waals surface area contributed by atoms with Crippen molar-refractivity contribution in [1.29, 1.82) is 0 Å². The molecule has 6 heteroatoms. The number of urea groups is 1. The molecule has 110 valence electrons. The Hall–Kier alpha value is -2.37. The van der Waals surface area contributed by atoms with E-state index in [4.69, 9.17) is 0 Å². The molecule has 1 aromatic carbocycles. The molecular formula is C15H19N5O. The molecule has 2 amide bonds. The Balaban J connectivity index is 1.40. The van der Waals surface area contributed by atoms with E-state index in [1.165, 1.54) is 11.9 Å². The van der Waals surface area contributed by atoms with E-state index in [1.807, 2.05) is 6.07 Å². The van der Waals surface area contributed by atoms with Crippen LogP contribution in [0, 0.1) is 0 Å². The lowest BCUT2D eigenvalue weighted by Gasteiger charge is -2.36. The van der Waals surface area contributed by atoms with Gasteiger partial charge in [-0.3, -0.25) is 4.68 Å². The topological polar surface area (TPSA) is 71.8 Å². The number of aromatic nitrogens is 3. The minimum atomic E-state index is -0.144. The van der Waals surface area contributed by atoms with Crippen molar-refractivity contribution >= 4 is 6.03 Å². The van der Waals surface area contributed by atoms with Crippen molar-refractivity contribution in [2.24, 2.45) is 7.05 Å². The van der Waals surface area contributed by atoms with Gasteiger partial charge in [0.25, 0.3) is 0 Å². The first kappa shape index (κ1) is 13.6. The second-order valence-electron chi connectivity index (χ2n) is 5.40. The van der Waals surface area contributed by atoms with Gasteiger partial charge in [-0.05, 0) is 24.3 Å². The summed E-state index contributed by atoms with van der Waals surface area (Å²) in [6, 6.07) is 10.6. The van der Waals surface area contributed by atoms with Crippen LogP contribution in [0.4, 0.5) is 4.79 Å². The number of hydrogen-bond acceptors (Lipinski definition) is 3. The monoisotopic (exact) mass is 285 g/mol. The van der Waals surface area contributed by atoms with Crippen LogP contribution in [0.3, 0.4) is 0 Å². The van der Waals surface area contributed by atoms with E-state index >= 15 is 0 Å². The van der Waals surface area contributed by atoms with Crippen LogP contribution < -0.4 is 10.6 Å². The first-order valence-electron chi connectivity index (χ1n) is 7.14. The number of nitrogens with one attached hydrogen (secondary N) is 2. The minimum Gasteiger partial charge on any atom is -0.335 e. The highest BCUT2D eigenvalue weighted by Crippen LogP contribution is 2.36. The highest BCUT2D eigenvalue weighted by molar-refractivity contribution is 5.74. The van der Waals surface area contributed by atoms with Crippen molar-refractivity contribution < 1.29 is 4.79 Å². The molecule has 2 aromatic rings. The number of carbonyl (C=O) groups excluding carboxylic acids is 1. The third kappa shape index (κ3) is 3.21. The van der Waals surface area contributed by atoms with Gasteiger partial charge in [0.2, 0.25) is 0 Å². The molecular weight excluding hydrogens is 266 g/mol. The van der Waals surface area contributed by atoms with Crippen molar-refractivity contribution in [2.75, 3.05) is 0 Å². The molecule has 3 rings (SSSR count). The van der Waals surface area contributed by atoms with Crippen molar-refractivity contribution in [3.05, 3.63) is 48.0 Å². The summed E-state index contributed by atoms with van der Waals surface area (Å²) in [5.74, 6) is 1.30. The first-order chi connectivity index (χ1) is 10.2. The fraction of sp³-hybridized carbons (Fsp3) is 0.400. The fourth-order valence-corrected chi connectivity index (χ4v) is 2.61. The van der Waals surface area contributed by atoms with E-state index in [-0.39, 0.29) is 12.1 Å². The van der Waals surface area contributed by atoms with Crippen molar-refractivity contribution in [3.8, 4) is 0 Å². The van der Waals surface area contributed by atoms with Crippen LogP contribution >= 0.6 is 0 Å². The summed E-state index contributed by atoms with van der Waals surface area (Å²) >= 11 is 0. The number of nitrogens with zero attached hydrogens (tertiary/aromatic N) is 3. The number of carbonyl (C=O) groups is 1. The zero-order valence-corrected chi connectivity index (χ0v) is 12.0. The van der Waals surface area contributed by atoms with Crippen LogP contribution in [0.1, 0.15) is 30.1 Å². The predicted molar refractivity (Wildman–Crippen MR) is 78.6 cm³/mol. The molecule has 0 aliphatic heterocycles. The van der Waals surface area contributed by atoms with E-state index in [9.17, 15) is 4.79 Å². The summed E-state index contributed by atoms with van der Waals surface area (Å²) in [4.78, 5) is 15.9. The van der Waals surface area contributed by atoms with Gasteiger partial charge >= 0.3 is 6.03 Å². The largest absolute Gasteiger partial charge is 0.335 e. The van der Waals surface area contributed by atoms with Crippen molar-refractivity contribution in [1.82, 2.24) is 25.4 Å². The lowest BCUT2D eigenvalue weighted by atomic mass is 9.76. The van der Waals surface area contributed by atoms with Crippen LogP contribution in [0.25, 0.3) is 0 Å². The van der Waals surface area contributed by atoms with Crippen LogP contribution in [0.15, 0.2) is 36.7 Å². The molecule has 0 saturated heterocycles. The predicted octanol–water partition coefficient (Wildman–Crippen LogP) is 1.56. The van der Waals surface area contributed by atoms with Crippen LogP contribution in [-0.2, 0) is 13.6 Å². The van der Waals surface area contributed by atoms with Crippen LogP contribution in [0.5, 0.6) is 0 Å². The summed E-state index contributed by atoms with van der Waals surface area (Å²) in [5, 5.41) is 9.76. The van der Waals surface area contributed by atoms with Crippen LogP contribution in [-0.4, -0.2) is 26.8 Å². The average Bonchev–Trinajstić information content (AvgIpc) is 2.86. The number of amides is 2.